The summed E-state index contributed by atoms with van der Waals surface area (Å²) < 4.78 is 33.8. The van der Waals surface area contributed by atoms with Crippen molar-refractivity contribution in [2.45, 2.75) is 51.9 Å². The molecular weight excluding hydrogens is 501 g/mol. The van der Waals surface area contributed by atoms with Gasteiger partial charge in [-0.3, -0.25) is 4.79 Å². The Balaban J connectivity index is 1.84. The van der Waals surface area contributed by atoms with Gasteiger partial charge in [-0.1, -0.05) is 37.6 Å². The van der Waals surface area contributed by atoms with Crippen LogP contribution in [0.3, 0.4) is 0 Å². The minimum atomic E-state index is -1.32. The highest BCUT2D eigenvalue weighted by atomic mass is 35.5. The van der Waals surface area contributed by atoms with Crippen molar-refractivity contribution < 1.29 is 28.5 Å². The average Bonchev–Trinajstić information content (AvgIpc) is 2.88. The molecule has 0 amide bonds. The quantitative estimate of drug-likeness (QED) is 0.374. The molecule has 0 saturated carbocycles. The van der Waals surface area contributed by atoms with Crippen molar-refractivity contribution in [3.05, 3.63) is 74.3 Å². The molecule has 2 atom stereocenters. The maximum atomic E-state index is 14.6. The van der Waals surface area contributed by atoms with Crippen molar-refractivity contribution in [3.8, 4) is 5.75 Å². The molecule has 1 aliphatic rings. The van der Waals surface area contributed by atoms with Crippen LogP contribution in [0.1, 0.15) is 60.6 Å². The molecule has 0 bridgehead atoms. The number of aromatic carboxylic acids is 1. The zero-order valence-electron chi connectivity index (χ0n) is 21.1. The fraction of sp³-hybridized carbons (Fsp3) is 0.429. The number of fused-ring (bicyclic) bond motifs is 1. The molecule has 1 unspecified atom stereocenters. The van der Waals surface area contributed by atoms with E-state index in [1.165, 1.54) is 19.4 Å². The van der Waals surface area contributed by atoms with Crippen LogP contribution in [0.25, 0.3) is 10.9 Å². The van der Waals surface area contributed by atoms with Gasteiger partial charge in [0, 0.05) is 30.7 Å². The van der Waals surface area contributed by atoms with Gasteiger partial charge in [-0.05, 0) is 48.4 Å². The Labute approximate surface area is 219 Å². The molecule has 1 N–H and O–H groups in total. The highest BCUT2D eigenvalue weighted by molar-refractivity contribution is 6.30. The number of hydrogen-bond donors (Lipinski definition) is 1. The van der Waals surface area contributed by atoms with E-state index in [-0.39, 0.29) is 47.2 Å². The molecule has 1 aliphatic heterocycles. The third-order valence-corrected chi connectivity index (χ3v) is 7.09. The monoisotopic (exact) mass is 531 g/mol. The number of methoxy groups -OCH3 is 1. The molecule has 0 spiro atoms. The lowest BCUT2D eigenvalue weighted by Gasteiger charge is -2.30. The molecule has 1 aromatic heterocycles. The lowest BCUT2D eigenvalue weighted by molar-refractivity contribution is -0.169. The van der Waals surface area contributed by atoms with Crippen LogP contribution in [0.15, 0.2) is 41.3 Å². The van der Waals surface area contributed by atoms with Crippen LogP contribution in [0.5, 0.6) is 5.75 Å². The fourth-order valence-corrected chi connectivity index (χ4v) is 4.90. The second-order valence-electron chi connectivity index (χ2n) is 9.60. The summed E-state index contributed by atoms with van der Waals surface area (Å²) in [6, 6.07) is 7.72. The number of carboxylic acid groups (broad SMARTS) is 1. The predicted molar refractivity (Wildman–Crippen MR) is 139 cm³/mol. The standard InChI is InChI=1S/C28H31ClFNO6/c1-16(2)23(15-37-25-9-4-5-10-36-25)31-14-20(28(33)34)27(32)19-12-18(24(35-3)13-22(19)31)11-17-7-6-8-21(29)26(17)30/h6-8,12-14,16,23,25H,4-5,9-11,15H2,1-3H3,(H,33,34)/t23-,25?/m1/s1. The normalized spacial score (nSPS) is 16.8. The van der Waals surface area contributed by atoms with E-state index in [4.69, 9.17) is 25.8 Å². The van der Waals surface area contributed by atoms with E-state index >= 15 is 0 Å². The van der Waals surface area contributed by atoms with E-state index in [1.807, 2.05) is 13.8 Å². The first kappa shape index (κ1) is 27.1. The average molecular weight is 532 g/mol. The Hall–Kier alpha value is -2.94. The summed E-state index contributed by atoms with van der Waals surface area (Å²) in [5.41, 5.74) is 0.413. The van der Waals surface area contributed by atoms with Gasteiger partial charge in [0.2, 0.25) is 5.43 Å². The number of ether oxygens (including phenoxy) is 3. The van der Waals surface area contributed by atoms with Crippen LogP contribution in [-0.4, -0.2) is 42.3 Å². The van der Waals surface area contributed by atoms with Gasteiger partial charge in [0.25, 0.3) is 0 Å². The summed E-state index contributed by atoms with van der Waals surface area (Å²) >= 11 is 5.96. The highest BCUT2D eigenvalue weighted by Crippen LogP contribution is 2.32. The van der Waals surface area contributed by atoms with Crippen LogP contribution in [0.4, 0.5) is 4.39 Å². The molecule has 1 fully saturated rings. The van der Waals surface area contributed by atoms with Gasteiger partial charge < -0.3 is 23.9 Å². The van der Waals surface area contributed by atoms with Crippen molar-refractivity contribution in [2.75, 3.05) is 20.3 Å². The second kappa shape index (κ2) is 11.6. The number of aromatic nitrogens is 1. The van der Waals surface area contributed by atoms with E-state index in [9.17, 15) is 19.1 Å². The predicted octanol–water partition coefficient (Wildman–Crippen LogP) is 5.83. The Morgan fingerprint density at radius 1 is 1.27 bits per heavy atom. The number of rotatable bonds is 9. The SMILES string of the molecule is COc1cc2c(cc1Cc1cccc(Cl)c1F)c(=O)c(C(=O)O)cn2[C@H](COC1CCCCO1)C(C)C. The van der Waals surface area contributed by atoms with Gasteiger partial charge >= 0.3 is 5.97 Å². The van der Waals surface area contributed by atoms with Crippen molar-refractivity contribution in [1.29, 1.82) is 0 Å². The first-order valence-corrected chi connectivity index (χ1v) is 12.7. The molecule has 3 aromatic rings. The number of nitrogens with zero attached hydrogens (tertiary/aromatic N) is 1. The molecule has 198 valence electrons. The molecule has 2 aromatic carbocycles. The second-order valence-corrected chi connectivity index (χ2v) is 10.0. The molecule has 0 radical (unpaired) electrons. The summed E-state index contributed by atoms with van der Waals surface area (Å²) in [5.74, 6) is -1.38. The molecule has 37 heavy (non-hydrogen) atoms. The summed E-state index contributed by atoms with van der Waals surface area (Å²) in [7, 11) is 1.50. The van der Waals surface area contributed by atoms with Crippen molar-refractivity contribution in [2.24, 2.45) is 5.92 Å². The maximum Gasteiger partial charge on any atom is 0.341 e. The number of hydrogen-bond acceptors (Lipinski definition) is 5. The molecule has 2 heterocycles. The van der Waals surface area contributed by atoms with E-state index in [2.05, 4.69) is 0 Å². The third-order valence-electron chi connectivity index (χ3n) is 6.79. The van der Waals surface area contributed by atoms with Gasteiger partial charge in [-0.2, -0.15) is 0 Å². The number of pyridine rings is 1. The Morgan fingerprint density at radius 2 is 2.05 bits per heavy atom. The van der Waals surface area contributed by atoms with Crippen molar-refractivity contribution in [1.82, 2.24) is 4.57 Å². The number of benzene rings is 2. The molecule has 4 rings (SSSR count). The molecule has 9 heteroatoms. The topological polar surface area (TPSA) is 87.0 Å². The summed E-state index contributed by atoms with van der Waals surface area (Å²) in [6.07, 6.45) is 3.99. The third kappa shape index (κ3) is 5.81. The number of carbonyl (C=O) groups is 1. The van der Waals surface area contributed by atoms with Crippen molar-refractivity contribution in [3.63, 3.8) is 0 Å². The van der Waals surface area contributed by atoms with Gasteiger partial charge in [0.15, 0.2) is 6.29 Å². The lowest BCUT2D eigenvalue weighted by atomic mass is 9.98. The van der Waals surface area contributed by atoms with E-state index in [1.54, 1.807) is 28.8 Å². The minimum absolute atomic E-state index is 0.00510. The molecule has 1 saturated heterocycles. The largest absolute Gasteiger partial charge is 0.496 e. The number of carboxylic acids is 1. The molecular formula is C28H31ClFNO6. The maximum absolute atomic E-state index is 14.6. The molecule has 7 nitrogen and oxygen atoms in total. The van der Waals surface area contributed by atoms with Crippen LogP contribution >= 0.6 is 11.6 Å². The Bertz CT molecular complexity index is 1350. The molecule has 0 aliphatic carbocycles. The van der Waals surface area contributed by atoms with Crippen LogP contribution in [0.2, 0.25) is 5.02 Å². The summed E-state index contributed by atoms with van der Waals surface area (Å²) in [6.45, 7) is 4.94. The van der Waals surface area contributed by atoms with Gasteiger partial charge in [0.1, 0.15) is 17.1 Å². The van der Waals surface area contributed by atoms with E-state index in [0.717, 1.165) is 19.3 Å². The lowest BCUT2D eigenvalue weighted by Crippen LogP contribution is -2.30. The first-order chi connectivity index (χ1) is 17.7. The summed E-state index contributed by atoms with van der Waals surface area (Å²) in [4.78, 5) is 25.3. The smallest absolute Gasteiger partial charge is 0.341 e. The van der Waals surface area contributed by atoms with E-state index in [0.29, 0.717) is 29.0 Å². The zero-order chi connectivity index (χ0) is 26.7. The first-order valence-electron chi connectivity index (χ1n) is 12.4. The van der Waals surface area contributed by atoms with E-state index < -0.39 is 17.2 Å². The highest BCUT2D eigenvalue weighted by Gasteiger charge is 2.25. The van der Waals surface area contributed by atoms with Crippen LogP contribution in [-0.2, 0) is 15.9 Å². The zero-order valence-corrected chi connectivity index (χ0v) is 21.9. The van der Waals surface area contributed by atoms with Crippen LogP contribution in [0, 0.1) is 11.7 Å². The Morgan fingerprint density at radius 3 is 2.70 bits per heavy atom. The number of halogens is 2. The van der Waals surface area contributed by atoms with Crippen LogP contribution < -0.4 is 10.2 Å². The fourth-order valence-electron chi connectivity index (χ4n) is 4.71. The van der Waals surface area contributed by atoms with Gasteiger partial charge in [0.05, 0.1) is 30.3 Å². The van der Waals surface area contributed by atoms with Crippen molar-refractivity contribution >= 4 is 28.5 Å². The summed E-state index contributed by atoms with van der Waals surface area (Å²) in [5, 5.41) is 10.0. The van der Waals surface area contributed by atoms with Gasteiger partial charge in [-0.25, -0.2) is 9.18 Å². The minimum Gasteiger partial charge on any atom is -0.496 e. The van der Waals surface area contributed by atoms with Gasteiger partial charge in [-0.15, -0.1) is 0 Å². The Kier molecular flexibility index (Phi) is 8.52.